The number of Topliss-reactive ketones (excluding diaryl/α,β-unsaturated/α-hetero) is 1. The second kappa shape index (κ2) is 7.05. The topological polar surface area (TPSA) is 52.1 Å². The van der Waals surface area contributed by atoms with Gasteiger partial charge in [0.2, 0.25) is 0 Å². The van der Waals surface area contributed by atoms with E-state index in [2.05, 4.69) is 17.4 Å². The number of carbonyl (C=O) groups excluding carboxylic acids is 1. The Bertz CT molecular complexity index is 694. The summed E-state index contributed by atoms with van der Waals surface area (Å²) in [7, 11) is 3.32. The quantitative estimate of drug-likeness (QED) is 0.940. The zero-order valence-electron chi connectivity index (χ0n) is 14.4. The molecular formula is C20H24NO3+. The number of benzene rings is 2. The number of hydrogen-bond donors (Lipinski definition) is 1. The van der Waals surface area contributed by atoms with E-state index in [0.717, 1.165) is 22.6 Å². The summed E-state index contributed by atoms with van der Waals surface area (Å²) >= 11 is 0. The zero-order chi connectivity index (χ0) is 17.1. The Kier molecular flexibility index (Phi) is 4.86. The maximum atomic E-state index is 12.5. The lowest BCUT2D eigenvalue weighted by Gasteiger charge is -2.32. The molecule has 1 fully saturated rings. The Hall–Kier alpha value is -2.33. The molecule has 0 aliphatic carbocycles. The highest BCUT2D eigenvalue weighted by atomic mass is 16.5. The molecule has 2 aromatic rings. The van der Waals surface area contributed by atoms with Crippen LogP contribution in [0.4, 0.5) is 0 Å². The number of methoxy groups -OCH3 is 2. The molecule has 0 aromatic heterocycles. The minimum absolute atomic E-state index is 0.00731. The lowest BCUT2D eigenvalue weighted by Crippen LogP contribution is -2.90. The summed E-state index contributed by atoms with van der Waals surface area (Å²) in [5, 5.41) is 2.32. The molecule has 0 spiro atoms. The molecule has 3 atom stereocenters. The number of rotatable bonds is 4. The van der Waals surface area contributed by atoms with Gasteiger partial charge in [-0.1, -0.05) is 0 Å². The van der Waals surface area contributed by atoms with E-state index in [4.69, 9.17) is 9.47 Å². The fourth-order valence-corrected chi connectivity index (χ4v) is 3.39. The van der Waals surface area contributed by atoms with Crippen molar-refractivity contribution in [1.82, 2.24) is 0 Å². The molecule has 126 valence electrons. The lowest BCUT2D eigenvalue weighted by atomic mass is 9.82. The molecule has 3 rings (SSSR count). The van der Waals surface area contributed by atoms with E-state index in [1.807, 2.05) is 43.3 Å². The number of carbonyl (C=O) groups is 1. The molecule has 0 amide bonds. The van der Waals surface area contributed by atoms with Gasteiger partial charge in [-0.25, -0.2) is 0 Å². The van der Waals surface area contributed by atoms with Crippen LogP contribution < -0.4 is 14.8 Å². The van der Waals surface area contributed by atoms with E-state index in [-0.39, 0.29) is 18.0 Å². The maximum Gasteiger partial charge on any atom is 0.148 e. The summed E-state index contributed by atoms with van der Waals surface area (Å²) in [5.41, 5.74) is 2.32. The van der Waals surface area contributed by atoms with Crippen LogP contribution >= 0.6 is 0 Å². The fourth-order valence-electron chi connectivity index (χ4n) is 3.39. The van der Waals surface area contributed by atoms with Gasteiger partial charge in [0, 0.05) is 11.1 Å². The summed E-state index contributed by atoms with van der Waals surface area (Å²) in [6, 6.07) is 16.3. The summed E-state index contributed by atoms with van der Waals surface area (Å²) < 4.78 is 10.4. The van der Waals surface area contributed by atoms with E-state index < -0.39 is 0 Å². The van der Waals surface area contributed by atoms with Crippen molar-refractivity contribution in [2.75, 3.05) is 14.2 Å². The van der Waals surface area contributed by atoms with E-state index in [9.17, 15) is 4.79 Å². The molecule has 4 nitrogen and oxygen atoms in total. The molecule has 4 heteroatoms. The van der Waals surface area contributed by atoms with Crippen LogP contribution in [-0.4, -0.2) is 20.0 Å². The summed E-state index contributed by atoms with van der Waals surface area (Å²) in [6.07, 6.45) is 0.570. The van der Waals surface area contributed by atoms with Gasteiger partial charge in [-0.15, -0.1) is 0 Å². The first-order valence-electron chi connectivity index (χ1n) is 8.28. The second-order valence-electron chi connectivity index (χ2n) is 6.33. The molecule has 2 N–H and O–H groups in total. The average molecular weight is 326 g/mol. The Morgan fingerprint density at radius 2 is 1.38 bits per heavy atom. The molecule has 1 saturated heterocycles. The monoisotopic (exact) mass is 326 g/mol. The van der Waals surface area contributed by atoms with Gasteiger partial charge in [0.25, 0.3) is 0 Å². The van der Waals surface area contributed by atoms with Gasteiger partial charge in [0.15, 0.2) is 0 Å². The third-order valence-electron chi connectivity index (χ3n) is 4.95. The van der Waals surface area contributed by atoms with Crippen LogP contribution in [0.3, 0.4) is 0 Å². The summed E-state index contributed by atoms with van der Waals surface area (Å²) in [5.74, 6) is 1.99. The minimum atomic E-state index is 0.00731. The van der Waals surface area contributed by atoms with Crippen molar-refractivity contribution >= 4 is 5.78 Å². The smallest absolute Gasteiger partial charge is 0.148 e. The van der Waals surface area contributed by atoms with E-state index in [1.165, 1.54) is 0 Å². The number of hydrogen-bond acceptors (Lipinski definition) is 3. The zero-order valence-corrected chi connectivity index (χ0v) is 14.4. The summed E-state index contributed by atoms with van der Waals surface area (Å²) in [4.78, 5) is 12.5. The molecular weight excluding hydrogens is 302 g/mol. The molecule has 1 aliphatic heterocycles. The lowest BCUT2D eigenvalue weighted by molar-refractivity contribution is -0.742. The van der Waals surface area contributed by atoms with Crippen LogP contribution in [-0.2, 0) is 4.79 Å². The first-order chi connectivity index (χ1) is 11.6. The van der Waals surface area contributed by atoms with Gasteiger partial charge in [-0.3, -0.25) is 4.79 Å². The molecule has 0 saturated carbocycles. The van der Waals surface area contributed by atoms with E-state index in [1.54, 1.807) is 14.2 Å². The van der Waals surface area contributed by atoms with Crippen LogP contribution in [0.1, 0.15) is 36.6 Å². The van der Waals surface area contributed by atoms with E-state index >= 15 is 0 Å². The first kappa shape index (κ1) is 16.5. The number of nitrogens with two attached hydrogens (primary N) is 1. The standard InChI is InChI=1S/C20H23NO3/c1-13-19(22)12-18(14-4-8-16(23-2)9-5-14)21-20(13)15-6-10-17(24-3)11-7-15/h4-11,13,18,20-21H,12H2,1-3H3/p+1/t13-,18+,20-/m1/s1. The molecule has 2 aromatic carbocycles. The molecule has 0 bridgehead atoms. The largest absolute Gasteiger partial charge is 0.497 e. The summed E-state index contributed by atoms with van der Waals surface area (Å²) in [6.45, 7) is 2.03. The van der Waals surface area contributed by atoms with Gasteiger partial charge >= 0.3 is 0 Å². The third kappa shape index (κ3) is 3.29. The van der Waals surface area contributed by atoms with Crippen LogP contribution in [0, 0.1) is 5.92 Å². The number of quaternary nitrogens is 1. The Balaban J connectivity index is 1.84. The molecule has 0 radical (unpaired) electrons. The number of ether oxygens (including phenoxy) is 2. The minimum Gasteiger partial charge on any atom is -0.497 e. The fraction of sp³-hybridized carbons (Fsp3) is 0.350. The van der Waals surface area contributed by atoms with Crippen molar-refractivity contribution in [3.8, 4) is 11.5 Å². The Labute approximate surface area is 142 Å². The molecule has 24 heavy (non-hydrogen) atoms. The third-order valence-corrected chi connectivity index (χ3v) is 4.95. The average Bonchev–Trinajstić information content (AvgIpc) is 2.64. The van der Waals surface area contributed by atoms with Crippen molar-refractivity contribution in [2.24, 2.45) is 5.92 Å². The Morgan fingerprint density at radius 1 is 0.875 bits per heavy atom. The SMILES string of the molecule is COc1ccc([C@@H]2CC(=O)[C@@H](C)[C@H](c3ccc(OC)cc3)[NH2+]2)cc1. The highest BCUT2D eigenvalue weighted by molar-refractivity contribution is 5.82. The molecule has 0 unspecified atom stereocenters. The predicted octanol–water partition coefficient (Wildman–Crippen LogP) is 2.66. The Morgan fingerprint density at radius 3 is 1.88 bits per heavy atom. The van der Waals surface area contributed by atoms with Crippen LogP contribution in [0.25, 0.3) is 0 Å². The molecule has 1 aliphatic rings. The van der Waals surface area contributed by atoms with Crippen molar-refractivity contribution in [3.63, 3.8) is 0 Å². The van der Waals surface area contributed by atoms with E-state index in [0.29, 0.717) is 12.2 Å². The number of ketones is 1. The maximum absolute atomic E-state index is 12.5. The van der Waals surface area contributed by atoms with Crippen molar-refractivity contribution < 1.29 is 19.6 Å². The van der Waals surface area contributed by atoms with Crippen LogP contribution in [0.2, 0.25) is 0 Å². The molecule has 1 heterocycles. The first-order valence-corrected chi connectivity index (χ1v) is 8.28. The van der Waals surface area contributed by atoms with Gasteiger partial charge in [0.1, 0.15) is 29.4 Å². The van der Waals surface area contributed by atoms with Crippen molar-refractivity contribution in [1.29, 1.82) is 0 Å². The van der Waals surface area contributed by atoms with Crippen LogP contribution in [0.5, 0.6) is 11.5 Å². The van der Waals surface area contributed by atoms with Gasteiger partial charge < -0.3 is 14.8 Å². The highest BCUT2D eigenvalue weighted by Crippen LogP contribution is 2.30. The van der Waals surface area contributed by atoms with Crippen molar-refractivity contribution in [3.05, 3.63) is 59.7 Å². The van der Waals surface area contributed by atoms with Gasteiger partial charge in [-0.05, 0) is 55.5 Å². The van der Waals surface area contributed by atoms with Crippen molar-refractivity contribution in [2.45, 2.75) is 25.4 Å². The number of piperidine rings is 1. The van der Waals surface area contributed by atoms with Gasteiger partial charge in [-0.2, -0.15) is 0 Å². The van der Waals surface area contributed by atoms with Gasteiger partial charge in [0.05, 0.1) is 26.6 Å². The highest BCUT2D eigenvalue weighted by Gasteiger charge is 2.38. The van der Waals surface area contributed by atoms with Crippen LogP contribution in [0.15, 0.2) is 48.5 Å². The second-order valence-corrected chi connectivity index (χ2v) is 6.33. The normalized spacial score (nSPS) is 23.8. The predicted molar refractivity (Wildman–Crippen MR) is 92.2 cm³/mol.